The minimum Gasteiger partial charge on any atom is -0.305 e. The van der Waals surface area contributed by atoms with E-state index in [4.69, 9.17) is 5.41 Å². The molecule has 0 heterocycles. The van der Waals surface area contributed by atoms with Crippen molar-refractivity contribution in [2.24, 2.45) is 17.3 Å². The molecule has 2 aliphatic carbocycles. The second kappa shape index (κ2) is 7.38. The molecular formula is C25H20N4. The van der Waals surface area contributed by atoms with Gasteiger partial charge in [-0.1, -0.05) is 66.7 Å². The molecule has 2 aromatic carbocycles. The number of hydrogen-bond acceptors (Lipinski definition) is 4. The Balaban J connectivity index is 1.89. The first kappa shape index (κ1) is 18.7. The van der Waals surface area contributed by atoms with Gasteiger partial charge in [-0.2, -0.15) is 15.8 Å². The molecule has 1 saturated carbocycles. The summed E-state index contributed by atoms with van der Waals surface area (Å²) in [6, 6.07) is 26.3. The smallest absolute Gasteiger partial charge is 0.189 e. The van der Waals surface area contributed by atoms with Crippen LogP contribution in [-0.2, 0) is 0 Å². The number of allylic oxidation sites excluding steroid dienone is 2. The Morgan fingerprint density at radius 1 is 0.862 bits per heavy atom. The van der Waals surface area contributed by atoms with Crippen molar-refractivity contribution in [2.75, 3.05) is 0 Å². The van der Waals surface area contributed by atoms with Gasteiger partial charge in [0.25, 0.3) is 0 Å². The molecule has 1 N–H and O–H groups in total. The summed E-state index contributed by atoms with van der Waals surface area (Å²) in [5.41, 5.74) is 1.28. The third-order valence-corrected chi connectivity index (χ3v) is 6.43. The van der Waals surface area contributed by atoms with Crippen molar-refractivity contribution >= 4 is 5.71 Å². The van der Waals surface area contributed by atoms with E-state index < -0.39 is 17.3 Å². The van der Waals surface area contributed by atoms with Crippen LogP contribution >= 0.6 is 0 Å². The monoisotopic (exact) mass is 376 g/mol. The fourth-order valence-electron chi connectivity index (χ4n) is 5.06. The standard InChI is InChI=1S/C25H20N4/c26-14-22-20-12-11-19(17-7-3-1-4-8-17)13-21(20)23(18-9-5-2-6-10-18)25(15-27,16-28)24(22)29/h1-10,12,19,21-23,29H,11,13H2/t19-,21+,22?,23+/m1/s1. The largest absolute Gasteiger partial charge is 0.305 e. The van der Waals surface area contributed by atoms with Crippen molar-refractivity contribution in [1.29, 1.82) is 21.2 Å². The van der Waals surface area contributed by atoms with Crippen LogP contribution in [0.1, 0.15) is 35.8 Å². The van der Waals surface area contributed by atoms with Crippen molar-refractivity contribution in [3.8, 4) is 18.2 Å². The molecule has 0 bridgehead atoms. The predicted octanol–water partition coefficient (Wildman–Crippen LogP) is 5.10. The average Bonchev–Trinajstić information content (AvgIpc) is 2.79. The van der Waals surface area contributed by atoms with Gasteiger partial charge in [0.1, 0.15) is 5.92 Å². The van der Waals surface area contributed by atoms with Crippen LogP contribution in [0.3, 0.4) is 0 Å². The van der Waals surface area contributed by atoms with Crippen LogP contribution in [0.25, 0.3) is 0 Å². The second-order valence-corrected chi connectivity index (χ2v) is 7.79. The van der Waals surface area contributed by atoms with Gasteiger partial charge in [-0.25, -0.2) is 0 Å². The van der Waals surface area contributed by atoms with Crippen LogP contribution in [0, 0.1) is 56.7 Å². The van der Waals surface area contributed by atoms with Gasteiger partial charge in [-0.15, -0.1) is 0 Å². The normalized spacial score (nSPS) is 27.5. The molecule has 2 aliphatic rings. The molecule has 0 amide bonds. The highest BCUT2D eigenvalue weighted by molar-refractivity contribution is 6.00. The third-order valence-electron chi connectivity index (χ3n) is 6.43. The number of hydrogen-bond donors (Lipinski definition) is 1. The Morgan fingerprint density at radius 2 is 1.45 bits per heavy atom. The zero-order valence-corrected chi connectivity index (χ0v) is 15.9. The minimum atomic E-state index is -1.64. The van der Waals surface area contributed by atoms with Crippen molar-refractivity contribution in [1.82, 2.24) is 0 Å². The highest BCUT2D eigenvalue weighted by Crippen LogP contribution is 2.56. The molecule has 4 atom stereocenters. The van der Waals surface area contributed by atoms with Gasteiger partial charge in [0, 0.05) is 5.92 Å². The summed E-state index contributed by atoms with van der Waals surface area (Å²) >= 11 is 0. The van der Waals surface area contributed by atoms with E-state index in [0.29, 0.717) is 0 Å². The summed E-state index contributed by atoms with van der Waals surface area (Å²) in [5, 5.41) is 38.6. The molecule has 0 radical (unpaired) electrons. The zero-order valence-electron chi connectivity index (χ0n) is 15.9. The highest BCUT2D eigenvalue weighted by atomic mass is 14.7. The zero-order chi connectivity index (χ0) is 20.4. The van der Waals surface area contributed by atoms with Crippen molar-refractivity contribution < 1.29 is 0 Å². The fourth-order valence-corrected chi connectivity index (χ4v) is 5.06. The SMILES string of the molecule is N#CC1C(=N)C(C#N)(C#N)[C@@H](c2ccccc2)[C@H]2C[C@H](c3ccccc3)CC=C12. The molecule has 1 unspecified atom stereocenters. The molecular weight excluding hydrogens is 356 g/mol. The molecule has 0 aromatic heterocycles. The molecule has 29 heavy (non-hydrogen) atoms. The quantitative estimate of drug-likeness (QED) is 0.739. The summed E-state index contributed by atoms with van der Waals surface area (Å²) < 4.78 is 0. The first-order valence-electron chi connectivity index (χ1n) is 9.77. The van der Waals surface area contributed by atoms with E-state index in [1.165, 1.54) is 5.56 Å². The van der Waals surface area contributed by atoms with E-state index in [2.05, 4.69) is 36.4 Å². The van der Waals surface area contributed by atoms with Crippen molar-refractivity contribution in [2.45, 2.75) is 24.7 Å². The van der Waals surface area contributed by atoms with Gasteiger partial charge in [-0.05, 0) is 41.4 Å². The van der Waals surface area contributed by atoms with E-state index >= 15 is 0 Å². The Labute approximate surface area is 170 Å². The van der Waals surface area contributed by atoms with E-state index in [9.17, 15) is 15.8 Å². The van der Waals surface area contributed by atoms with Crippen LogP contribution in [0.5, 0.6) is 0 Å². The Morgan fingerprint density at radius 3 is 2.00 bits per heavy atom. The molecule has 4 nitrogen and oxygen atoms in total. The molecule has 4 rings (SSSR count). The van der Waals surface area contributed by atoms with E-state index in [1.54, 1.807) is 0 Å². The minimum absolute atomic E-state index is 0.0838. The molecule has 0 saturated heterocycles. The van der Waals surface area contributed by atoms with Crippen LogP contribution in [0.4, 0.5) is 0 Å². The van der Waals surface area contributed by atoms with Crippen LogP contribution in [0.15, 0.2) is 72.3 Å². The fraction of sp³-hybridized carbons (Fsp3) is 0.280. The van der Waals surface area contributed by atoms with Crippen molar-refractivity contribution in [3.05, 3.63) is 83.4 Å². The maximum Gasteiger partial charge on any atom is 0.189 e. The Kier molecular flexibility index (Phi) is 4.75. The van der Waals surface area contributed by atoms with E-state index in [0.717, 1.165) is 24.0 Å². The Bertz CT molecular complexity index is 1070. The number of nitriles is 3. The first-order valence-corrected chi connectivity index (χ1v) is 9.77. The highest BCUT2D eigenvalue weighted by Gasteiger charge is 2.57. The van der Waals surface area contributed by atoms with Gasteiger partial charge >= 0.3 is 0 Å². The van der Waals surface area contributed by atoms with Gasteiger partial charge < -0.3 is 5.41 Å². The molecule has 0 spiro atoms. The first-order chi connectivity index (χ1) is 14.2. The molecule has 1 fully saturated rings. The lowest BCUT2D eigenvalue weighted by Gasteiger charge is -2.47. The Hall–Kier alpha value is -3.68. The number of fused-ring (bicyclic) bond motifs is 1. The maximum absolute atomic E-state index is 10.1. The lowest BCUT2D eigenvalue weighted by molar-refractivity contribution is 0.304. The van der Waals surface area contributed by atoms with Gasteiger partial charge in [0.15, 0.2) is 5.41 Å². The number of nitrogens with zero attached hydrogens (tertiary/aromatic N) is 3. The van der Waals surface area contributed by atoms with E-state index in [-0.39, 0.29) is 17.5 Å². The molecule has 0 aliphatic heterocycles. The lowest BCUT2D eigenvalue weighted by Crippen LogP contribution is -2.49. The van der Waals surface area contributed by atoms with Gasteiger partial charge in [-0.3, -0.25) is 0 Å². The molecule has 2 aromatic rings. The summed E-state index contributed by atoms with van der Waals surface area (Å²) in [5.74, 6) is -1.14. The summed E-state index contributed by atoms with van der Waals surface area (Å²) in [7, 11) is 0. The van der Waals surface area contributed by atoms with Crippen LogP contribution in [-0.4, -0.2) is 5.71 Å². The van der Waals surface area contributed by atoms with Gasteiger partial charge in [0.05, 0.1) is 23.9 Å². The lowest BCUT2D eigenvalue weighted by atomic mass is 9.52. The maximum atomic E-state index is 10.1. The third kappa shape index (κ3) is 2.84. The van der Waals surface area contributed by atoms with Crippen molar-refractivity contribution in [3.63, 3.8) is 0 Å². The number of benzene rings is 2. The predicted molar refractivity (Wildman–Crippen MR) is 110 cm³/mol. The summed E-state index contributed by atoms with van der Waals surface area (Å²) in [6.45, 7) is 0. The second-order valence-electron chi connectivity index (χ2n) is 7.79. The van der Waals surface area contributed by atoms with E-state index in [1.807, 2.05) is 48.5 Å². The number of rotatable bonds is 2. The molecule has 140 valence electrons. The molecule has 4 heteroatoms. The average molecular weight is 376 g/mol. The van der Waals surface area contributed by atoms with Crippen LogP contribution in [0.2, 0.25) is 0 Å². The topological polar surface area (TPSA) is 95.2 Å². The summed E-state index contributed by atoms with van der Waals surface area (Å²) in [6.07, 6.45) is 3.64. The number of nitrogens with one attached hydrogen (secondary N) is 1. The van der Waals surface area contributed by atoms with Gasteiger partial charge in [0.2, 0.25) is 0 Å². The summed E-state index contributed by atoms with van der Waals surface area (Å²) in [4.78, 5) is 0. The van der Waals surface area contributed by atoms with Crippen LogP contribution < -0.4 is 0 Å².